The zero-order chi connectivity index (χ0) is 22.6. The molecule has 2 aromatic carbocycles. The molecule has 0 unspecified atom stereocenters. The topological polar surface area (TPSA) is 60.7 Å². The van der Waals surface area contributed by atoms with Crippen molar-refractivity contribution in [2.45, 2.75) is 49.6 Å². The predicted molar refractivity (Wildman–Crippen MR) is 123 cm³/mol. The van der Waals surface area contributed by atoms with Crippen molar-refractivity contribution in [2.24, 2.45) is 0 Å². The molecule has 0 bridgehead atoms. The van der Waals surface area contributed by atoms with Gasteiger partial charge in [-0.15, -0.1) is 0 Å². The number of ether oxygens (including phenoxy) is 2. The lowest BCUT2D eigenvalue weighted by molar-refractivity contribution is 0.0918. The molecule has 1 amide bonds. The SMILES string of the molecule is COc1ccc(CNC(=O)c2ccc(Sc3cc(C(C)(C)C)ccc3C)o2)cc1OC. The summed E-state index contributed by atoms with van der Waals surface area (Å²) in [5.74, 6) is 1.30. The second-order valence-corrected chi connectivity index (χ2v) is 9.37. The number of aryl methyl sites for hydroxylation is 1. The number of methoxy groups -OCH3 is 2. The molecule has 0 atom stereocenters. The number of amides is 1. The summed E-state index contributed by atoms with van der Waals surface area (Å²) in [6, 6.07) is 15.6. The van der Waals surface area contributed by atoms with Crippen molar-refractivity contribution < 1.29 is 18.7 Å². The number of carbonyl (C=O) groups is 1. The molecule has 5 nitrogen and oxygen atoms in total. The minimum absolute atomic E-state index is 0.0708. The summed E-state index contributed by atoms with van der Waals surface area (Å²) in [4.78, 5) is 13.7. The number of benzene rings is 2. The van der Waals surface area contributed by atoms with Gasteiger partial charge in [0.05, 0.1) is 14.2 Å². The van der Waals surface area contributed by atoms with Crippen LogP contribution in [0.1, 0.15) is 48.0 Å². The highest BCUT2D eigenvalue weighted by atomic mass is 32.2. The van der Waals surface area contributed by atoms with E-state index in [4.69, 9.17) is 13.9 Å². The lowest BCUT2D eigenvalue weighted by Gasteiger charge is -2.20. The number of nitrogens with one attached hydrogen (secondary N) is 1. The van der Waals surface area contributed by atoms with Gasteiger partial charge >= 0.3 is 0 Å². The maximum atomic E-state index is 12.5. The molecular formula is C25H29NO4S. The standard InChI is InChI=1S/C25H29NO4S/c1-16-7-9-18(25(2,3)4)14-22(16)31-23-12-11-20(30-23)24(27)26-15-17-8-10-19(28-5)21(13-17)29-6/h7-14H,15H2,1-6H3,(H,26,27). The number of hydrogen-bond acceptors (Lipinski definition) is 5. The van der Waals surface area contributed by atoms with Crippen molar-refractivity contribution in [3.63, 3.8) is 0 Å². The summed E-state index contributed by atoms with van der Waals surface area (Å²) in [6.45, 7) is 9.02. The van der Waals surface area contributed by atoms with Gasteiger partial charge in [0, 0.05) is 11.4 Å². The fraction of sp³-hybridized carbons (Fsp3) is 0.320. The minimum atomic E-state index is -0.262. The van der Waals surface area contributed by atoms with E-state index in [-0.39, 0.29) is 17.1 Å². The first kappa shape index (κ1) is 22.8. The molecule has 1 N–H and O–H groups in total. The molecule has 0 radical (unpaired) electrons. The third-order valence-electron chi connectivity index (χ3n) is 4.97. The molecule has 0 saturated carbocycles. The van der Waals surface area contributed by atoms with Crippen LogP contribution in [-0.2, 0) is 12.0 Å². The average molecular weight is 440 g/mol. The van der Waals surface area contributed by atoms with Gasteiger partial charge in [-0.2, -0.15) is 0 Å². The van der Waals surface area contributed by atoms with E-state index in [0.717, 1.165) is 10.5 Å². The van der Waals surface area contributed by atoms with Crippen LogP contribution >= 0.6 is 11.8 Å². The Morgan fingerprint density at radius 1 is 1.00 bits per heavy atom. The third kappa shape index (κ3) is 5.64. The smallest absolute Gasteiger partial charge is 0.287 e. The van der Waals surface area contributed by atoms with Gasteiger partial charge < -0.3 is 19.2 Å². The maximum Gasteiger partial charge on any atom is 0.287 e. The Morgan fingerprint density at radius 3 is 2.42 bits per heavy atom. The van der Waals surface area contributed by atoms with Gasteiger partial charge in [-0.25, -0.2) is 0 Å². The van der Waals surface area contributed by atoms with Crippen LogP contribution in [0.25, 0.3) is 0 Å². The highest BCUT2D eigenvalue weighted by Gasteiger charge is 2.17. The number of furan rings is 1. The van der Waals surface area contributed by atoms with Gasteiger partial charge in [0.1, 0.15) is 0 Å². The fourth-order valence-electron chi connectivity index (χ4n) is 3.04. The van der Waals surface area contributed by atoms with Crippen LogP contribution < -0.4 is 14.8 Å². The molecule has 0 fully saturated rings. The van der Waals surface area contributed by atoms with Crippen molar-refractivity contribution in [3.05, 3.63) is 71.0 Å². The van der Waals surface area contributed by atoms with Gasteiger partial charge in [0.25, 0.3) is 5.91 Å². The van der Waals surface area contributed by atoms with Crippen LogP contribution in [-0.4, -0.2) is 20.1 Å². The lowest BCUT2D eigenvalue weighted by atomic mass is 9.87. The van der Waals surface area contributed by atoms with Crippen molar-refractivity contribution >= 4 is 17.7 Å². The van der Waals surface area contributed by atoms with E-state index < -0.39 is 0 Å². The Morgan fingerprint density at radius 2 is 1.74 bits per heavy atom. The molecule has 0 aliphatic rings. The normalized spacial score (nSPS) is 11.3. The molecule has 3 rings (SSSR count). The molecular weight excluding hydrogens is 410 g/mol. The summed E-state index contributed by atoms with van der Waals surface area (Å²) in [5.41, 5.74) is 3.41. The van der Waals surface area contributed by atoms with Gasteiger partial charge in [-0.1, -0.05) is 50.7 Å². The van der Waals surface area contributed by atoms with Gasteiger partial charge in [0.15, 0.2) is 22.4 Å². The quantitative estimate of drug-likeness (QED) is 0.490. The Labute approximate surface area is 188 Å². The van der Waals surface area contributed by atoms with E-state index in [1.54, 1.807) is 20.3 Å². The highest BCUT2D eigenvalue weighted by molar-refractivity contribution is 7.99. The van der Waals surface area contributed by atoms with Crippen LogP contribution in [0.3, 0.4) is 0 Å². The molecule has 31 heavy (non-hydrogen) atoms. The first-order chi connectivity index (χ1) is 14.7. The van der Waals surface area contributed by atoms with E-state index in [1.165, 1.54) is 22.9 Å². The van der Waals surface area contributed by atoms with E-state index >= 15 is 0 Å². The summed E-state index contributed by atoms with van der Waals surface area (Å²) < 4.78 is 16.4. The van der Waals surface area contributed by atoms with Crippen molar-refractivity contribution in [1.29, 1.82) is 0 Å². The van der Waals surface area contributed by atoms with Crippen molar-refractivity contribution in [2.75, 3.05) is 14.2 Å². The Balaban J connectivity index is 1.66. The van der Waals surface area contributed by atoms with Crippen LogP contribution in [0.4, 0.5) is 0 Å². The Hall–Kier alpha value is -2.86. The largest absolute Gasteiger partial charge is 0.493 e. The average Bonchev–Trinajstić information content (AvgIpc) is 3.21. The van der Waals surface area contributed by atoms with Gasteiger partial charge in [0.2, 0.25) is 0 Å². The number of hydrogen-bond donors (Lipinski definition) is 1. The summed E-state index contributed by atoms with van der Waals surface area (Å²) in [6.07, 6.45) is 0. The highest BCUT2D eigenvalue weighted by Crippen LogP contribution is 2.35. The van der Waals surface area contributed by atoms with E-state index in [1.807, 2.05) is 24.3 Å². The molecule has 3 aromatic rings. The summed E-state index contributed by atoms with van der Waals surface area (Å²) in [7, 11) is 3.17. The lowest BCUT2D eigenvalue weighted by Crippen LogP contribution is -2.22. The number of carbonyl (C=O) groups excluding carboxylic acids is 1. The molecule has 0 aliphatic heterocycles. The van der Waals surface area contributed by atoms with E-state index in [2.05, 4.69) is 51.2 Å². The number of rotatable bonds is 7. The fourth-order valence-corrected chi connectivity index (χ4v) is 3.94. The van der Waals surface area contributed by atoms with E-state index in [9.17, 15) is 4.79 Å². The molecule has 0 saturated heterocycles. The predicted octanol–water partition coefficient (Wildman–Crippen LogP) is 5.98. The third-order valence-corrected chi connectivity index (χ3v) is 6.05. The molecule has 0 spiro atoms. The second-order valence-electron chi connectivity index (χ2n) is 8.32. The summed E-state index contributed by atoms with van der Waals surface area (Å²) >= 11 is 1.53. The maximum absolute atomic E-state index is 12.5. The molecule has 1 aromatic heterocycles. The first-order valence-electron chi connectivity index (χ1n) is 10.1. The van der Waals surface area contributed by atoms with Crippen molar-refractivity contribution in [1.82, 2.24) is 5.32 Å². The van der Waals surface area contributed by atoms with Crippen LogP contribution in [0.2, 0.25) is 0 Å². The Kier molecular flexibility index (Phi) is 7.01. The zero-order valence-corrected chi connectivity index (χ0v) is 19.7. The van der Waals surface area contributed by atoms with Crippen LogP contribution in [0, 0.1) is 6.92 Å². The van der Waals surface area contributed by atoms with Gasteiger partial charge in [-0.05, 0) is 59.4 Å². The molecule has 0 aliphatic carbocycles. The van der Waals surface area contributed by atoms with E-state index in [0.29, 0.717) is 23.1 Å². The molecule has 164 valence electrons. The molecule has 1 heterocycles. The van der Waals surface area contributed by atoms with Crippen molar-refractivity contribution in [3.8, 4) is 11.5 Å². The Bertz CT molecular complexity index is 1070. The van der Waals surface area contributed by atoms with Gasteiger partial charge in [-0.3, -0.25) is 4.79 Å². The summed E-state index contributed by atoms with van der Waals surface area (Å²) in [5, 5.41) is 3.57. The monoisotopic (exact) mass is 439 g/mol. The molecule has 6 heteroatoms. The zero-order valence-electron chi connectivity index (χ0n) is 18.9. The van der Waals surface area contributed by atoms with Crippen LogP contribution in [0.5, 0.6) is 11.5 Å². The second kappa shape index (κ2) is 9.52. The first-order valence-corrected chi connectivity index (χ1v) is 10.9. The minimum Gasteiger partial charge on any atom is -0.493 e. The van der Waals surface area contributed by atoms with Crippen LogP contribution in [0.15, 0.2) is 62.9 Å².